The zero-order chi connectivity index (χ0) is 14.6. The van der Waals surface area contributed by atoms with Crippen molar-refractivity contribution in [2.45, 2.75) is 64.8 Å². The van der Waals surface area contributed by atoms with E-state index >= 15 is 0 Å². The minimum absolute atomic E-state index is 0.0959. The first kappa shape index (κ1) is 17.4. The molecule has 0 aromatic carbocycles. The number of carbonyl (C=O) groups excluding carboxylic acids is 1. The molecule has 0 radical (unpaired) electrons. The summed E-state index contributed by atoms with van der Waals surface area (Å²) in [5, 5.41) is 0.136. The Bertz CT molecular complexity index is 295. The number of allylic oxidation sites excluding steroid dienone is 1. The van der Waals surface area contributed by atoms with Crippen LogP contribution >= 0.6 is 0 Å². The van der Waals surface area contributed by atoms with Crippen molar-refractivity contribution in [2.24, 2.45) is 11.7 Å². The van der Waals surface area contributed by atoms with Gasteiger partial charge in [-0.15, -0.1) is 6.58 Å². The van der Waals surface area contributed by atoms with Gasteiger partial charge in [-0.05, 0) is 30.5 Å². The third-order valence-electron chi connectivity index (χ3n) is 3.83. The Morgan fingerprint density at radius 2 is 1.94 bits per heavy atom. The molecule has 0 fully saturated rings. The molecule has 0 heterocycles. The maximum Gasteiger partial charge on any atom is 0.219 e. The summed E-state index contributed by atoms with van der Waals surface area (Å²) in [6.07, 6.45) is 2.91. The number of hydrogen-bond donors (Lipinski definition) is 1. The molecular formula is C14H29NO2Si. The van der Waals surface area contributed by atoms with Crippen LogP contribution in [0, 0.1) is 5.92 Å². The molecule has 2 atom stereocenters. The van der Waals surface area contributed by atoms with Crippen molar-refractivity contribution in [2.75, 3.05) is 0 Å². The monoisotopic (exact) mass is 271 g/mol. The molecule has 18 heavy (non-hydrogen) atoms. The van der Waals surface area contributed by atoms with Gasteiger partial charge in [-0.25, -0.2) is 0 Å². The zero-order valence-electron chi connectivity index (χ0n) is 12.7. The average Bonchev–Trinajstić information content (AvgIpc) is 2.14. The first-order valence-electron chi connectivity index (χ1n) is 6.58. The minimum Gasteiger partial charge on any atom is -0.413 e. The molecule has 0 aliphatic heterocycles. The second kappa shape index (κ2) is 6.52. The Morgan fingerprint density at radius 1 is 1.44 bits per heavy atom. The van der Waals surface area contributed by atoms with E-state index in [2.05, 4.69) is 47.4 Å². The Morgan fingerprint density at radius 3 is 2.28 bits per heavy atom. The first-order valence-corrected chi connectivity index (χ1v) is 9.49. The van der Waals surface area contributed by atoms with E-state index in [1.807, 2.05) is 6.08 Å². The van der Waals surface area contributed by atoms with Crippen LogP contribution in [0.5, 0.6) is 0 Å². The number of carbonyl (C=O) groups is 1. The zero-order valence-corrected chi connectivity index (χ0v) is 13.7. The van der Waals surface area contributed by atoms with E-state index in [1.54, 1.807) is 0 Å². The SMILES string of the molecule is C=CC[C@@H](C)[C@H](CC(N)=O)O[Si](C)(C)C(C)(C)C. The van der Waals surface area contributed by atoms with Crippen LogP contribution in [0.3, 0.4) is 0 Å². The number of rotatable bonds is 7. The summed E-state index contributed by atoms with van der Waals surface area (Å²) in [7, 11) is -1.87. The number of primary amides is 1. The topological polar surface area (TPSA) is 52.3 Å². The number of hydrogen-bond acceptors (Lipinski definition) is 2. The van der Waals surface area contributed by atoms with E-state index < -0.39 is 8.32 Å². The molecule has 0 aromatic heterocycles. The first-order chi connectivity index (χ1) is 8.01. The van der Waals surface area contributed by atoms with Crippen molar-refractivity contribution < 1.29 is 9.22 Å². The van der Waals surface area contributed by atoms with Gasteiger partial charge in [0.1, 0.15) is 0 Å². The van der Waals surface area contributed by atoms with Crippen molar-refractivity contribution in [1.29, 1.82) is 0 Å². The molecule has 3 nitrogen and oxygen atoms in total. The van der Waals surface area contributed by atoms with Gasteiger partial charge in [0.15, 0.2) is 8.32 Å². The summed E-state index contributed by atoms with van der Waals surface area (Å²) in [6.45, 7) is 16.8. The van der Waals surface area contributed by atoms with Gasteiger partial charge in [0.05, 0.1) is 12.5 Å². The van der Waals surface area contributed by atoms with Crippen LogP contribution in [-0.4, -0.2) is 20.3 Å². The fourth-order valence-corrected chi connectivity index (χ4v) is 2.95. The lowest BCUT2D eigenvalue weighted by molar-refractivity contribution is -0.120. The van der Waals surface area contributed by atoms with Gasteiger partial charge >= 0.3 is 0 Å². The fourth-order valence-electron chi connectivity index (χ4n) is 1.53. The predicted octanol–water partition coefficient (Wildman–Crippen LogP) is 3.46. The second-order valence-corrected chi connectivity index (χ2v) is 11.3. The molecule has 0 saturated carbocycles. The summed E-state index contributed by atoms with van der Waals surface area (Å²) in [5.74, 6) is -0.0289. The van der Waals surface area contributed by atoms with Crippen molar-refractivity contribution in [3.8, 4) is 0 Å². The van der Waals surface area contributed by atoms with E-state index in [9.17, 15) is 4.79 Å². The van der Waals surface area contributed by atoms with Crippen LogP contribution in [0.4, 0.5) is 0 Å². The van der Waals surface area contributed by atoms with Crippen LogP contribution in [-0.2, 0) is 9.22 Å². The minimum atomic E-state index is -1.87. The van der Waals surface area contributed by atoms with Crippen LogP contribution in [0.2, 0.25) is 18.1 Å². The lowest BCUT2D eigenvalue weighted by Crippen LogP contribution is -2.46. The van der Waals surface area contributed by atoms with Crippen LogP contribution in [0.15, 0.2) is 12.7 Å². The molecule has 0 aliphatic carbocycles. The van der Waals surface area contributed by atoms with Crippen molar-refractivity contribution in [3.63, 3.8) is 0 Å². The number of nitrogens with two attached hydrogens (primary N) is 1. The van der Waals surface area contributed by atoms with Crippen LogP contribution in [0.1, 0.15) is 40.5 Å². The van der Waals surface area contributed by atoms with Crippen molar-refractivity contribution in [3.05, 3.63) is 12.7 Å². The standard InChI is InChI=1S/C14H29NO2Si/c1-8-9-11(2)12(10-13(15)16)17-18(6,7)14(3,4)5/h8,11-12H,1,9-10H2,2-7H3,(H2,15,16)/t11-,12+/m1/s1. The number of amides is 1. The maximum absolute atomic E-state index is 11.2. The smallest absolute Gasteiger partial charge is 0.219 e. The summed E-state index contributed by atoms with van der Waals surface area (Å²) in [6, 6.07) is 0. The maximum atomic E-state index is 11.2. The van der Waals surface area contributed by atoms with E-state index in [-0.39, 0.29) is 23.0 Å². The second-order valence-electron chi connectivity index (χ2n) is 6.59. The van der Waals surface area contributed by atoms with Gasteiger partial charge in [-0.3, -0.25) is 4.79 Å². The third kappa shape index (κ3) is 5.36. The third-order valence-corrected chi connectivity index (χ3v) is 8.33. The average molecular weight is 271 g/mol. The van der Waals surface area contributed by atoms with E-state index in [4.69, 9.17) is 10.2 Å². The van der Waals surface area contributed by atoms with E-state index in [0.717, 1.165) is 6.42 Å². The summed E-state index contributed by atoms with van der Waals surface area (Å²) >= 11 is 0. The summed E-state index contributed by atoms with van der Waals surface area (Å²) in [5.41, 5.74) is 5.33. The highest BCUT2D eigenvalue weighted by Crippen LogP contribution is 2.38. The Balaban J connectivity index is 4.88. The molecule has 0 bridgehead atoms. The Kier molecular flexibility index (Phi) is 6.30. The quantitative estimate of drug-likeness (QED) is 0.569. The highest BCUT2D eigenvalue weighted by molar-refractivity contribution is 6.74. The Labute approximate surface area is 113 Å². The molecular weight excluding hydrogens is 242 g/mol. The summed E-state index contributed by atoms with van der Waals surface area (Å²) in [4.78, 5) is 11.2. The molecule has 1 amide bonds. The molecule has 0 aliphatic rings. The van der Waals surface area contributed by atoms with Crippen LogP contribution in [0.25, 0.3) is 0 Å². The molecule has 0 unspecified atom stereocenters. The molecule has 2 N–H and O–H groups in total. The summed E-state index contributed by atoms with van der Waals surface area (Å²) < 4.78 is 6.32. The predicted molar refractivity (Wildman–Crippen MR) is 79.9 cm³/mol. The largest absolute Gasteiger partial charge is 0.413 e. The molecule has 0 spiro atoms. The van der Waals surface area contributed by atoms with Gasteiger partial charge in [0.2, 0.25) is 5.91 Å². The molecule has 106 valence electrons. The van der Waals surface area contributed by atoms with Crippen molar-refractivity contribution >= 4 is 14.2 Å². The lowest BCUT2D eigenvalue weighted by Gasteiger charge is -2.40. The molecule has 4 heteroatoms. The van der Waals surface area contributed by atoms with E-state index in [1.165, 1.54) is 0 Å². The van der Waals surface area contributed by atoms with E-state index in [0.29, 0.717) is 6.42 Å². The highest BCUT2D eigenvalue weighted by Gasteiger charge is 2.40. The van der Waals surface area contributed by atoms with Gasteiger partial charge in [-0.2, -0.15) is 0 Å². The van der Waals surface area contributed by atoms with Gasteiger partial charge in [-0.1, -0.05) is 33.8 Å². The van der Waals surface area contributed by atoms with Gasteiger partial charge in [0.25, 0.3) is 0 Å². The van der Waals surface area contributed by atoms with Gasteiger partial charge in [0, 0.05) is 0 Å². The van der Waals surface area contributed by atoms with Gasteiger partial charge < -0.3 is 10.2 Å². The lowest BCUT2D eigenvalue weighted by atomic mass is 9.98. The molecule has 0 aromatic rings. The highest BCUT2D eigenvalue weighted by atomic mass is 28.4. The van der Waals surface area contributed by atoms with Crippen LogP contribution < -0.4 is 5.73 Å². The van der Waals surface area contributed by atoms with Crippen molar-refractivity contribution in [1.82, 2.24) is 0 Å². The fraction of sp³-hybridized carbons (Fsp3) is 0.786. The molecule has 0 saturated heterocycles. The Hall–Kier alpha value is -0.613. The normalized spacial score (nSPS) is 16.1. The molecule has 0 rings (SSSR count).